The van der Waals surface area contributed by atoms with Crippen molar-refractivity contribution in [2.24, 2.45) is 5.92 Å². The molecule has 0 saturated heterocycles. The first-order chi connectivity index (χ1) is 15.7. The maximum atomic E-state index is 9.60. The van der Waals surface area contributed by atoms with Gasteiger partial charge in [-0.1, -0.05) is 103 Å². The van der Waals surface area contributed by atoms with Gasteiger partial charge in [0.25, 0.3) is 0 Å². The average Bonchev–Trinajstić information content (AvgIpc) is 3.32. The highest BCUT2D eigenvalue weighted by Crippen LogP contribution is 2.31. The van der Waals surface area contributed by atoms with Gasteiger partial charge in [0.15, 0.2) is 0 Å². The summed E-state index contributed by atoms with van der Waals surface area (Å²) in [6.07, 6.45) is 33.5. The molecule has 0 bridgehead atoms. The minimum atomic E-state index is 0.228. The molecular formula is C29H51N2O+. The van der Waals surface area contributed by atoms with Gasteiger partial charge >= 0.3 is 0 Å². The van der Waals surface area contributed by atoms with Crippen molar-refractivity contribution in [1.29, 1.82) is 0 Å². The van der Waals surface area contributed by atoms with Gasteiger partial charge < -0.3 is 5.11 Å². The molecule has 3 heteroatoms. The number of aliphatic hydroxyl groups is 1. The number of hydrogen-bond acceptors (Lipinski definition) is 1. The first-order valence-electron chi connectivity index (χ1n) is 13.8. The molecule has 1 heterocycles. The number of aromatic amines is 1. The molecule has 1 aliphatic carbocycles. The molecule has 32 heavy (non-hydrogen) atoms. The first-order valence-corrected chi connectivity index (χ1v) is 13.8. The number of nitrogens with zero attached hydrogens (tertiary/aromatic N) is 1. The molecule has 1 atom stereocenters. The maximum Gasteiger partial charge on any atom is 0.242 e. The highest BCUT2D eigenvalue weighted by Gasteiger charge is 2.24. The Balaban J connectivity index is 1.52. The van der Waals surface area contributed by atoms with Gasteiger partial charge in [0.05, 0.1) is 0 Å². The van der Waals surface area contributed by atoms with E-state index in [2.05, 4.69) is 41.7 Å². The second-order valence-electron chi connectivity index (χ2n) is 10.2. The summed E-state index contributed by atoms with van der Waals surface area (Å²) in [7, 11) is 0. The van der Waals surface area contributed by atoms with Crippen molar-refractivity contribution in [3.8, 4) is 0 Å². The molecule has 1 aliphatic rings. The minimum absolute atomic E-state index is 0.228. The predicted molar refractivity (Wildman–Crippen MR) is 137 cm³/mol. The minimum Gasteiger partial charge on any atom is -0.396 e. The molecule has 1 aromatic heterocycles. The summed E-state index contributed by atoms with van der Waals surface area (Å²) in [5.74, 6) is 0.875. The van der Waals surface area contributed by atoms with Crippen molar-refractivity contribution in [3.63, 3.8) is 0 Å². The van der Waals surface area contributed by atoms with Gasteiger partial charge in [-0.2, -0.15) is 0 Å². The van der Waals surface area contributed by atoms with E-state index in [1.54, 1.807) is 0 Å². The fourth-order valence-electron chi connectivity index (χ4n) is 5.06. The zero-order chi connectivity index (χ0) is 22.9. The number of imidazole rings is 1. The molecule has 0 radical (unpaired) electrons. The van der Waals surface area contributed by atoms with Crippen LogP contribution in [0.1, 0.15) is 129 Å². The Morgan fingerprint density at radius 2 is 1.41 bits per heavy atom. The van der Waals surface area contributed by atoms with Crippen LogP contribution in [-0.4, -0.2) is 16.7 Å². The van der Waals surface area contributed by atoms with Gasteiger partial charge in [0, 0.05) is 13.0 Å². The predicted octanol–water partition coefficient (Wildman–Crippen LogP) is 7.99. The molecule has 2 N–H and O–H groups in total. The fraction of sp³-hybridized carbons (Fsp3) is 0.759. The van der Waals surface area contributed by atoms with Crippen LogP contribution < -0.4 is 4.57 Å². The van der Waals surface area contributed by atoms with Crippen LogP contribution in [0.2, 0.25) is 0 Å². The van der Waals surface area contributed by atoms with E-state index in [4.69, 9.17) is 0 Å². The number of unbranched alkanes of at least 4 members (excludes halogenated alkanes) is 11. The summed E-state index contributed by atoms with van der Waals surface area (Å²) >= 11 is 0. The topological polar surface area (TPSA) is 39.9 Å². The molecule has 0 saturated carbocycles. The summed E-state index contributed by atoms with van der Waals surface area (Å²) < 4.78 is 2.22. The SMILES string of the molecule is CC(C)CCCCCCCCCCCCCCC1=CCCC=C1C(CCO)[n+]1cc[nH]c1. The number of rotatable bonds is 19. The van der Waals surface area contributed by atoms with Crippen molar-refractivity contribution in [3.05, 3.63) is 42.0 Å². The second-order valence-corrected chi connectivity index (χ2v) is 10.2. The van der Waals surface area contributed by atoms with Gasteiger partial charge in [0.1, 0.15) is 18.4 Å². The van der Waals surface area contributed by atoms with Gasteiger partial charge in [-0.15, -0.1) is 0 Å². The number of H-pyrrole nitrogens is 1. The molecule has 1 aromatic rings. The molecule has 0 aliphatic heterocycles. The Hall–Kier alpha value is -1.35. The fourth-order valence-corrected chi connectivity index (χ4v) is 5.06. The van der Waals surface area contributed by atoms with E-state index in [0.717, 1.165) is 18.8 Å². The van der Waals surface area contributed by atoms with E-state index in [1.165, 1.54) is 107 Å². The van der Waals surface area contributed by atoms with E-state index in [-0.39, 0.29) is 12.6 Å². The largest absolute Gasteiger partial charge is 0.396 e. The second kappa shape index (κ2) is 17.2. The summed E-state index contributed by atoms with van der Waals surface area (Å²) in [6.45, 7) is 4.89. The van der Waals surface area contributed by atoms with Crippen LogP contribution in [0.3, 0.4) is 0 Å². The normalized spacial score (nSPS) is 15.1. The lowest BCUT2D eigenvalue weighted by molar-refractivity contribution is -0.713. The van der Waals surface area contributed by atoms with Crippen molar-refractivity contribution in [2.75, 3.05) is 6.61 Å². The number of nitrogens with one attached hydrogen (secondary N) is 1. The summed E-state index contributed by atoms with van der Waals surface area (Å²) in [5, 5.41) is 9.60. The maximum absolute atomic E-state index is 9.60. The third-order valence-electron chi connectivity index (χ3n) is 6.96. The highest BCUT2D eigenvalue weighted by molar-refractivity contribution is 5.35. The third-order valence-corrected chi connectivity index (χ3v) is 6.96. The number of aliphatic hydroxyl groups excluding tert-OH is 1. The summed E-state index contributed by atoms with van der Waals surface area (Å²) in [4.78, 5) is 3.16. The Bertz CT molecular complexity index is 630. The van der Waals surface area contributed by atoms with E-state index >= 15 is 0 Å². The average molecular weight is 444 g/mol. The molecule has 182 valence electrons. The number of aromatic nitrogens is 2. The standard InChI is InChI=1S/C29H50N2O/c1-26(2)17-13-11-9-7-5-3-4-6-8-10-12-14-18-27-19-15-16-20-28(27)29(21-24-32)31-23-22-30-25-31/h19-20,22-23,25-26,29,32H,3-18,21,24H2,1-2H3/p+1. The monoisotopic (exact) mass is 443 g/mol. The summed E-state index contributed by atoms with van der Waals surface area (Å²) in [6, 6.07) is 0.257. The van der Waals surface area contributed by atoms with Crippen LogP contribution >= 0.6 is 0 Å². The van der Waals surface area contributed by atoms with Crippen LogP contribution in [0.25, 0.3) is 0 Å². The van der Waals surface area contributed by atoms with E-state index < -0.39 is 0 Å². The zero-order valence-electron chi connectivity index (χ0n) is 21.2. The molecule has 3 nitrogen and oxygen atoms in total. The lowest BCUT2D eigenvalue weighted by Gasteiger charge is -2.22. The van der Waals surface area contributed by atoms with Crippen molar-refractivity contribution >= 4 is 0 Å². The number of hydrogen-bond donors (Lipinski definition) is 2. The van der Waals surface area contributed by atoms with E-state index in [1.807, 2.05) is 12.5 Å². The van der Waals surface area contributed by atoms with Crippen molar-refractivity contribution in [2.45, 2.75) is 129 Å². The molecule has 0 spiro atoms. The Labute approximate surface area is 198 Å². The van der Waals surface area contributed by atoms with Crippen LogP contribution in [0, 0.1) is 5.92 Å². The van der Waals surface area contributed by atoms with Crippen LogP contribution in [0.4, 0.5) is 0 Å². The van der Waals surface area contributed by atoms with Crippen LogP contribution in [-0.2, 0) is 0 Å². The molecule has 0 amide bonds. The zero-order valence-corrected chi connectivity index (χ0v) is 21.2. The number of allylic oxidation sites excluding steroid dienone is 4. The van der Waals surface area contributed by atoms with Crippen molar-refractivity contribution in [1.82, 2.24) is 4.98 Å². The van der Waals surface area contributed by atoms with Gasteiger partial charge in [0.2, 0.25) is 6.33 Å². The highest BCUT2D eigenvalue weighted by atomic mass is 16.3. The van der Waals surface area contributed by atoms with Gasteiger partial charge in [-0.05, 0) is 42.7 Å². The smallest absolute Gasteiger partial charge is 0.242 e. The molecular weight excluding hydrogens is 392 g/mol. The lowest BCUT2D eigenvalue weighted by atomic mass is 9.87. The molecule has 0 fully saturated rings. The Morgan fingerprint density at radius 3 is 1.97 bits per heavy atom. The lowest BCUT2D eigenvalue weighted by Crippen LogP contribution is -2.39. The quantitative estimate of drug-likeness (QED) is 0.165. The van der Waals surface area contributed by atoms with Gasteiger partial charge in [-0.3, -0.25) is 4.98 Å². The molecule has 1 unspecified atom stereocenters. The molecule has 2 rings (SSSR count). The Morgan fingerprint density at radius 1 is 0.812 bits per heavy atom. The van der Waals surface area contributed by atoms with Crippen molar-refractivity contribution < 1.29 is 9.67 Å². The van der Waals surface area contributed by atoms with E-state index in [9.17, 15) is 5.11 Å². The molecule has 0 aromatic carbocycles. The summed E-state index contributed by atoms with van der Waals surface area (Å²) in [5.41, 5.74) is 2.97. The third kappa shape index (κ3) is 11.0. The van der Waals surface area contributed by atoms with E-state index in [0.29, 0.717) is 0 Å². The van der Waals surface area contributed by atoms with Crippen LogP contribution in [0.5, 0.6) is 0 Å². The van der Waals surface area contributed by atoms with Crippen LogP contribution in [0.15, 0.2) is 42.0 Å². The first kappa shape index (κ1) is 26.9. The van der Waals surface area contributed by atoms with Gasteiger partial charge in [-0.25, -0.2) is 4.57 Å². The Kier molecular flexibility index (Phi) is 14.4.